The number of halogens is 4. The molecule has 4 atom stereocenters. The molecule has 0 amide bonds. The Kier molecular flexibility index (Phi) is 18.6. The van der Waals surface area contributed by atoms with Crippen LogP contribution in [0, 0.1) is 47.1 Å². The molecule has 4 aliphatic rings. The van der Waals surface area contributed by atoms with Crippen LogP contribution >= 0.6 is 23.2 Å². The second-order valence-electron chi connectivity index (χ2n) is 16.5. The Labute approximate surface area is 388 Å². The van der Waals surface area contributed by atoms with Gasteiger partial charge in [0.25, 0.3) is 0 Å². The first-order chi connectivity index (χ1) is 29.5. The first-order valence-electron chi connectivity index (χ1n) is 21.1. The van der Waals surface area contributed by atoms with E-state index >= 15 is 0 Å². The van der Waals surface area contributed by atoms with Gasteiger partial charge in [-0.1, -0.05) is 35.3 Å². The normalized spacial score (nSPS) is 20.6. The van der Waals surface area contributed by atoms with Crippen molar-refractivity contribution in [3.63, 3.8) is 0 Å². The van der Waals surface area contributed by atoms with Crippen LogP contribution in [-0.2, 0) is 27.2 Å². The molecular weight excluding hydrogens is 852 g/mol. The smallest absolute Gasteiger partial charge is 0.870 e. The Balaban J connectivity index is 0.000000230. The molecule has 63 heavy (non-hydrogen) atoms. The molecule has 2 aliphatic carbocycles. The quantitative estimate of drug-likeness (QED) is 0.113. The summed E-state index contributed by atoms with van der Waals surface area (Å²) in [5.41, 5.74) is 0.490. The number of aliphatic carboxylic acids is 1. The topological polar surface area (TPSA) is 170 Å². The summed E-state index contributed by atoms with van der Waals surface area (Å²) >= 11 is 11.7. The molecular formula is C45H53Cl2F2LiN6O7. The van der Waals surface area contributed by atoms with Gasteiger partial charge in [0.2, 0.25) is 11.9 Å². The summed E-state index contributed by atoms with van der Waals surface area (Å²) in [6, 6.07) is 9.03. The van der Waals surface area contributed by atoms with Crippen molar-refractivity contribution in [3.05, 3.63) is 94.0 Å². The van der Waals surface area contributed by atoms with Gasteiger partial charge in [-0.3, -0.25) is 9.59 Å². The van der Waals surface area contributed by atoms with Crippen molar-refractivity contribution >= 4 is 47.0 Å². The van der Waals surface area contributed by atoms with E-state index in [9.17, 15) is 18.4 Å². The maximum Gasteiger partial charge on any atom is 1.00 e. The minimum Gasteiger partial charge on any atom is -0.870 e. The molecule has 0 spiro atoms. The largest absolute Gasteiger partial charge is 1.00 e. The number of hydrogen-bond donors (Lipinski definition) is 1. The maximum atomic E-state index is 14.1. The third kappa shape index (κ3) is 14.4. The summed E-state index contributed by atoms with van der Waals surface area (Å²) in [4.78, 5) is 43.7. The Morgan fingerprint density at radius 2 is 1.10 bits per heavy atom. The van der Waals surface area contributed by atoms with Gasteiger partial charge in [-0.2, -0.15) is 0 Å². The molecule has 0 unspecified atom stereocenters. The summed E-state index contributed by atoms with van der Waals surface area (Å²) in [7, 11) is 1.29. The van der Waals surface area contributed by atoms with Gasteiger partial charge in [0, 0.05) is 38.3 Å². The molecule has 0 radical (unpaired) electrons. The number of carboxylic acids is 1. The average molecular weight is 906 g/mol. The van der Waals surface area contributed by atoms with Crippen LogP contribution in [0.5, 0.6) is 11.5 Å². The predicted molar refractivity (Wildman–Crippen MR) is 229 cm³/mol. The first kappa shape index (κ1) is 49.7. The van der Waals surface area contributed by atoms with Crippen molar-refractivity contribution in [1.82, 2.24) is 19.9 Å². The van der Waals surface area contributed by atoms with Crippen LogP contribution < -0.4 is 38.1 Å². The minimum absolute atomic E-state index is 0. The van der Waals surface area contributed by atoms with Crippen molar-refractivity contribution < 1.29 is 62.0 Å². The average Bonchev–Trinajstić information content (AvgIpc) is 4.20. The molecule has 4 heterocycles. The van der Waals surface area contributed by atoms with Crippen LogP contribution in [0.25, 0.3) is 0 Å². The van der Waals surface area contributed by atoms with Crippen LogP contribution in [0.1, 0.15) is 62.5 Å². The number of methoxy groups -OCH3 is 1. The van der Waals surface area contributed by atoms with Crippen molar-refractivity contribution in [2.75, 3.05) is 56.3 Å². The van der Waals surface area contributed by atoms with E-state index < -0.39 is 23.6 Å². The molecule has 4 aromatic rings. The molecule has 2 saturated carbocycles. The molecule has 334 valence electrons. The summed E-state index contributed by atoms with van der Waals surface area (Å²) in [6.07, 6.45) is 15.2. The number of hydrogen-bond acceptors (Lipinski definition) is 12. The van der Waals surface area contributed by atoms with E-state index in [1.54, 1.807) is 43.0 Å². The summed E-state index contributed by atoms with van der Waals surface area (Å²) < 4.78 is 44.1. The number of carboxylic acid groups (broad SMARTS) is 1. The van der Waals surface area contributed by atoms with Crippen LogP contribution in [0.2, 0.25) is 10.0 Å². The minimum atomic E-state index is -1.05. The number of anilines is 2. The first-order valence-corrected chi connectivity index (χ1v) is 21.8. The number of nitrogens with zero attached hydrogens (tertiary/aromatic N) is 6. The van der Waals surface area contributed by atoms with Gasteiger partial charge in [-0.25, -0.2) is 28.7 Å². The van der Waals surface area contributed by atoms with Crippen molar-refractivity contribution in [2.45, 2.75) is 64.2 Å². The van der Waals surface area contributed by atoms with E-state index in [2.05, 4.69) is 34.5 Å². The van der Waals surface area contributed by atoms with E-state index in [1.165, 1.54) is 38.2 Å². The van der Waals surface area contributed by atoms with Gasteiger partial charge in [0.15, 0.2) is 0 Å². The van der Waals surface area contributed by atoms with Crippen LogP contribution in [0.3, 0.4) is 0 Å². The fourth-order valence-corrected chi connectivity index (χ4v) is 9.12. The number of carbonyl (C=O) groups is 2. The molecule has 2 aromatic heterocycles. The zero-order chi connectivity index (χ0) is 42.9. The number of aromatic nitrogens is 4. The van der Waals surface area contributed by atoms with Gasteiger partial charge in [0.05, 0.1) is 68.0 Å². The van der Waals surface area contributed by atoms with E-state index in [0.29, 0.717) is 52.2 Å². The zero-order valence-corrected chi connectivity index (χ0v) is 37.2. The Morgan fingerprint density at radius 1 is 0.698 bits per heavy atom. The number of carbonyl (C=O) groups excluding carboxylic acids is 1. The van der Waals surface area contributed by atoms with Gasteiger partial charge in [-0.05, 0) is 110 Å². The maximum absolute atomic E-state index is 14.1. The Hall–Kier alpha value is -4.26. The predicted octanol–water partition coefficient (Wildman–Crippen LogP) is 5.35. The fourth-order valence-electron chi connectivity index (χ4n) is 8.92. The van der Waals surface area contributed by atoms with Crippen LogP contribution in [0.4, 0.5) is 20.7 Å². The van der Waals surface area contributed by atoms with E-state index in [1.807, 2.05) is 0 Å². The summed E-state index contributed by atoms with van der Waals surface area (Å²) in [6.45, 7) is 5.01. The molecule has 0 bridgehead atoms. The Morgan fingerprint density at radius 3 is 1.46 bits per heavy atom. The van der Waals surface area contributed by atoms with E-state index in [0.717, 1.165) is 100 Å². The van der Waals surface area contributed by atoms with Crippen molar-refractivity contribution in [3.8, 4) is 11.5 Å². The van der Waals surface area contributed by atoms with Gasteiger partial charge in [0.1, 0.15) is 23.1 Å². The number of esters is 1. The monoisotopic (exact) mass is 904 g/mol. The number of rotatable bonds is 16. The molecule has 13 nitrogen and oxygen atoms in total. The third-order valence-electron chi connectivity index (χ3n) is 12.5. The second-order valence-corrected chi connectivity index (χ2v) is 17.3. The summed E-state index contributed by atoms with van der Waals surface area (Å²) in [5.74, 6) is 4.31. The molecule has 4 fully saturated rings. The standard InChI is InChI=1S/C23H27ClFN3O3.C22H25ClFN3O3.Li.H2O/c1-30-22(29)11-17-2-3-19(12-21(17)25)31-9-6-16-10-20(16)15-4-7-28(8-5-15)23-26-13-18(24)14-27-23;23-17-12-25-22(26-13-17)27-6-3-14(4-7-27)19-9-15(19)5-8-30-18-2-1-16(10-21(28)29)20(24)11-18;;/h2-3,12-16,20H,4-11H2,1H3;1-2,11-15,19H,3-10H2,(H,28,29);;1H2/q;;+1;/p-1/t16-,20-;15-,19-;;/m11../s1. The summed E-state index contributed by atoms with van der Waals surface area (Å²) in [5, 5.41) is 9.88. The zero-order valence-electron chi connectivity index (χ0n) is 35.7. The molecule has 2 aromatic carbocycles. The van der Waals surface area contributed by atoms with Crippen molar-refractivity contribution in [2.24, 2.45) is 35.5 Å². The van der Waals surface area contributed by atoms with E-state index in [-0.39, 0.29) is 42.7 Å². The van der Waals surface area contributed by atoms with Crippen LogP contribution in [-0.4, -0.2) is 89.0 Å². The molecule has 2 aliphatic heterocycles. The fraction of sp³-hybridized carbons (Fsp3) is 0.511. The van der Waals surface area contributed by atoms with Crippen molar-refractivity contribution in [1.29, 1.82) is 0 Å². The second kappa shape index (κ2) is 23.6. The van der Waals surface area contributed by atoms with Crippen LogP contribution in [0.15, 0.2) is 61.2 Å². The number of benzene rings is 2. The number of piperidine rings is 2. The van der Waals surface area contributed by atoms with Gasteiger partial charge in [-0.15, -0.1) is 0 Å². The van der Waals surface area contributed by atoms with Gasteiger partial charge >= 0.3 is 30.8 Å². The third-order valence-corrected chi connectivity index (χ3v) is 12.9. The molecule has 8 rings (SSSR count). The Bertz CT molecular complexity index is 2100. The molecule has 18 heteroatoms. The molecule has 2 N–H and O–H groups in total. The van der Waals surface area contributed by atoms with Gasteiger partial charge < -0.3 is 34.6 Å². The SMILES string of the molecule is COC(=O)Cc1ccc(OCC[C@@H]2C[C@@H]2C2CCN(c3ncc(Cl)cn3)CC2)cc1F.O=C(O)Cc1ccc(OCC[C@@H]2C[C@@H]2C2CCN(c3ncc(Cl)cn3)CC2)cc1F.[Li+].[OH-]. The number of ether oxygens (including phenoxy) is 3. The van der Waals surface area contributed by atoms with E-state index in [4.69, 9.17) is 37.8 Å². The molecule has 2 saturated heterocycles.